The fourth-order valence-electron chi connectivity index (χ4n) is 4.64. The third kappa shape index (κ3) is 3.84. The van der Waals surface area contributed by atoms with Crippen LogP contribution in [0.5, 0.6) is 5.75 Å². The zero-order valence-electron chi connectivity index (χ0n) is 16.0. The Labute approximate surface area is 160 Å². The first-order valence-electron chi connectivity index (χ1n) is 10.1. The van der Waals surface area contributed by atoms with Crippen LogP contribution in [0.3, 0.4) is 0 Å². The third-order valence-corrected chi connectivity index (χ3v) is 6.07. The lowest BCUT2D eigenvalue weighted by Gasteiger charge is -2.33. The van der Waals surface area contributed by atoms with E-state index in [9.17, 15) is 4.79 Å². The molecule has 1 amide bonds. The number of amides is 1. The molecular formula is C21H28N4O2. The van der Waals surface area contributed by atoms with Gasteiger partial charge < -0.3 is 9.64 Å². The average Bonchev–Trinajstić information content (AvgIpc) is 3.32. The first-order chi connectivity index (χ1) is 13.2. The van der Waals surface area contributed by atoms with Crippen LogP contribution in [0, 0.1) is 5.41 Å². The predicted octanol–water partition coefficient (Wildman–Crippen LogP) is 3.54. The van der Waals surface area contributed by atoms with Crippen molar-refractivity contribution >= 4 is 5.91 Å². The number of pyridine rings is 1. The first-order valence-corrected chi connectivity index (χ1v) is 10.1. The second-order valence-corrected chi connectivity index (χ2v) is 7.90. The molecule has 2 aliphatic rings. The number of hydrogen-bond donors (Lipinski definition) is 0. The van der Waals surface area contributed by atoms with Gasteiger partial charge in [0.1, 0.15) is 18.1 Å². The smallest absolute Gasteiger partial charge is 0.274 e. The monoisotopic (exact) mass is 368 g/mol. The average molecular weight is 368 g/mol. The van der Waals surface area contributed by atoms with Crippen molar-refractivity contribution in [3.63, 3.8) is 0 Å². The van der Waals surface area contributed by atoms with Gasteiger partial charge in [0.05, 0.1) is 6.04 Å². The molecule has 27 heavy (non-hydrogen) atoms. The molecule has 1 unspecified atom stereocenters. The minimum atomic E-state index is 0.0352. The van der Waals surface area contributed by atoms with Crippen LogP contribution in [-0.4, -0.2) is 44.8 Å². The van der Waals surface area contributed by atoms with Crippen LogP contribution in [-0.2, 0) is 6.54 Å². The van der Waals surface area contributed by atoms with Gasteiger partial charge in [-0.05, 0) is 49.8 Å². The van der Waals surface area contributed by atoms with Gasteiger partial charge >= 0.3 is 0 Å². The van der Waals surface area contributed by atoms with E-state index in [2.05, 4.69) is 10.1 Å². The Morgan fingerprint density at radius 1 is 1.22 bits per heavy atom. The van der Waals surface area contributed by atoms with Gasteiger partial charge in [-0.15, -0.1) is 0 Å². The molecule has 1 spiro atoms. The molecule has 6 heteroatoms. The standard InChI is InChI=1S/C21H28N4O2/c1-2-24-13-8-19(23-24)20(26)25-16-21(9-4-3-5-10-21)14-17(25)15-27-18-6-11-22-12-7-18/h6-8,11-13,17H,2-5,9-10,14-16H2,1H3. The topological polar surface area (TPSA) is 60.2 Å². The largest absolute Gasteiger partial charge is 0.491 e. The van der Waals surface area contributed by atoms with Gasteiger partial charge in [0.2, 0.25) is 0 Å². The zero-order chi connectivity index (χ0) is 18.7. The lowest BCUT2D eigenvalue weighted by atomic mass is 9.73. The maximum Gasteiger partial charge on any atom is 0.274 e. The van der Waals surface area contributed by atoms with E-state index >= 15 is 0 Å². The molecule has 6 nitrogen and oxygen atoms in total. The summed E-state index contributed by atoms with van der Waals surface area (Å²) >= 11 is 0. The van der Waals surface area contributed by atoms with Crippen LogP contribution in [0.25, 0.3) is 0 Å². The van der Waals surface area contributed by atoms with Crippen molar-refractivity contribution in [3.05, 3.63) is 42.5 Å². The number of carbonyl (C=O) groups excluding carboxylic acids is 1. The Balaban J connectivity index is 1.52. The van der Waals surface area contributed by atoms with Crippen molar-refractivity contribution in [2.45, 2.75) is 58.0 Å². The van der Waals surface area contributed by atoms with Crippen LogP contribution in [0.15, 0.2) is 36.8 Å². The summed E-state index contributed by atoms with van der Waals surface area (Å²) in [6, 6.07) is 5.65. The van der Waals surface area contributed by atoms with Gasteiger partial charge in [-0.1, -0.05) is 19.3 Å². The number of carbonyl (C=O) groups is 1. The quantitative estimate of drug-likeness (QED) is 0.810. The number of hydrogen-bond acceptors (Lipinski definition) is 4. The summed E-state index contributed by atoms with van der Waals surface area (Å²) in [5.74, 6) is 0.838. The van der Waals surface area contributed by atoms with E-state index < -0.39 is 0 Å². The molecule has 1 aliphatic heterocycles. The molecule has 2 aromatic rings. The predicted molar refractivity (Wildman–Crippen MR) is 103 cm³/mol. The molecule has 2 aromatic heterocycles. The lowest BCUT2D eigenvalue weighted by Crippen LogP contribution is -2.40. The summed E-state index contributed by atoms with van der Waals surface area (Å²) in [5, 5.41) is 4.44. The molecule has 0 N–H and O–H groups in total. The number of likely N-dealkylation sites (tertiary alicyclic amines) is 1. The van der Waals surface area contributed by atoms with Gasteiger partial charge in [-0.25, -0.2) is 0 Å². The molecule has 3 heterocycles. The minimum Gasteiger partial charge on any atom is -0.491 e. The lowest BCUT2D eigenvalue weighted by molar-refractivity contribution is 0.0667. The number of ether oxygens (including phenoxy) is 1. The number of aryl methyl sites for hydroxylation is 1. The molecule has 1 saturated heterocycles. The van der Waals surface area contributed by atoms with E-state index in [0.29, 0.717) is 12.3 Å². The van der Waals surface area contributed by atoms with E-state index in [1.807, 2.05) is 40.9 Å². The van der Waals surface area contributed by atoms with E-state index in [1.54, 1.807) is 12.4 Å². The van der Waals surface area contributed by atoms with E-state index in [1.165, 1.54) is 32.1 Å². The van der Waals surface area contributed by atoms with Crippen LogP contribution in [0.1, 0.15) is 55.9 Å². The molecule has 1 atom stereocenters. The fraction of sp³-hybridized carbons (Fsp3) is 0.571. The highest BCUT2D eigenvalue weighted by Gasteiger charge is 2.46. The van der Waals surface area contributed by atoms with E-state index in [-0.39, 0.29) is 17.4 Å². The minimum absolute atomic E-state index is 0.0352. The van der Waals surface area contributed by atoms with Crippen LogP contribution in [0.4, 0.5) is 0 Å². The molecule has 1 aliphatic carbocycles. The molecule has 0 radical (unpaired) electrons. The van der Waals surface area contributed by atoms with Crippen LogP contribution < -0.4 is 4.74 Å². The molecule has 0 aromatic carbocycles. The second kappa shape index (κ2) is 7.71. The van der Waals surface area contributed by atoms with Crippen LogP contribution >= 0.6 is 0 Å². The van der Waals surface area contributed by atoms with Gasteiger partial charge in [0.25, 0.3) is 5.91 Å². The normalized spacial score (nSPS) is 21.5. The summed E-state index contributed by atoms with van der Waals surface area (Å²) in [5.41, 5.74) is 0.798. The summed E-state index contributed by atoms with van der Waals surface area (Å²) in [7, 11) is 0. The Morgan fingerprint density at radius 2 is 2.00 bits per heavy atom. The fourth-order valence-corrected chi connectivity index (χ4v) is 4.64. The number of nitrogens with zero attached hydrogens (tertiary/aromatic N) is 4. The van der Waals surface area contributed by atoms with Gasteiger partial charge in [0, 0.05) is 31.7 Å². The van der Waals surface area contributed by atoms with Crippen molar-refractivity contribution in [1.82, 2.24) is 19.7 Å². The molecule has 4 rings (SSSR count). The first kappa shape index (κ1) is 18.0. The van der Waals surface area contributed by atoms with Gasteiger partial charge in [-0.2, -0.15) is 5.10 Å². The van der Waals surface area contributed by atoms with Gasteiger partial charge in [0.15, 0.2) is 0 Å². The maximum atomic E-state index is 13.2. The van der Waals surface area contributed by atoms with Crippen molar-refractivity contribution in [2.24, 2.45) is 5.41 Å². The highest BCUT2D eigenvalue weighted by molar-refractivity contribution is 5.92. The summed E-state index contributed by atoms with van der Waals surface area (Å²) in [6.07, 6.45) is 12.6. The van der Waals surface area contributed by atoms with E-state index in [4.69, 9.17) is 4.74 Å². The third-order valence-electron chi connectivity index (χ3n) is 6.07. The van der Waals surface area contributed by atoms with Crippen molar-refractivity contribution < 1.29 is 9.53 Å². The highest BCUT2D eigenvalue weighted by Crippen LogP contribution is 2.46. The Hall–Kier alpha value is -2.37. The summed E-state index contributed by atoms with van der Waals surface area (Å²) < 4.78 is 7.81. The highest BCUT2D eigenvalue weighted by atomic mass is 16.5. The Bertz CT molecular complexity index is 767. The summed E-state index contributed by atoms with van der Waals surface area (Å²) in [6.45, 7) is 4.15. The number of aromatic nitrogens is 3. The number of rotatable bonds is 5. The molecular weight excluding hydrogens is 340 g/mol. The van der Waals surface area contributed by atoms with Crippen molar-refractivity contribution in [3.8, 4) is 5.75 Å². The molecule has 144 valence electrons. The zero-order valence-corrected chi connectivity index (χ0v) is 16.0. The summed E-state index contributed by atoms with van der Waals surface area (Å²) in [4.78, 5) is 19.3. The SMILES string of the molecule is CCn1ccc(C(=O)N2CC3(CCCCC3)CC2COc2ccncc2)n1. The van der Waals surface area contributed by atoms with E-state index in [0.717, 1.165) is 25.3 Å². The Morgan fingerprint density at radius 3 is 2.70 bits per heavy atom. The van der Waals surface area contributed by atoms with Gasteiger partial charge in [-0.3, -0.25) is 14.5 Å². The Kier molecular flexibility index (Phi) is 5.14. The maximum absolute atomic E-state index is 13.2. The van der Waals surface area contributed by atoms with Crippen molar-refractivity contribution in [2.75, 3.05) is 13.2 Å². The molecule has 0 bridgehead atoms. The van der Waals surface area contributed by atoms with Crippen molar-refractivity contribution in [1.29, 1.82) is 0 Å². The molecule has 1 saturated carbocycles. The van der Waals surface area contributed by atoms with Crippen LogP contribution in [0.2, 0.25) is 0 Å². The second-order valence-electron chi connectivity index (χ2n) is 7.90. The molecule has 2 fully saturated rings.